The van der Waals surface area contributed by atoms with Crippen LogP contribution in [-0.2, 0) is 11.2 Å². The molecule has 0 aliphatic heterocycles. The Morgan fingerprint density at radius 1 is 1.20 bits per heavy atom. The summed E-state index contributed by atoms with van der Waals surface area (Å²) in [6, 6.07) is 11.2. The van der Waals surface area contributed by atoms with Gasteiger partial charge >= 0.3 is 5.97 Å². The summed E-state index contributed by atoms with van der Waals surface area (Å²) in [6.45, 7) is 2.01. The third-order valence-electron chi connectivity index (χ3n) is 2.89. The minimum atomic E-state index is -1.07. The molecular formula is C15H15NO3S. The van der Waals surface area contributed by atoms with Crippen molar-refractivity contribution in [3.05, 3.63) is 57.8 Å². The van der Waals surface area contributed by atoms with Crippen LogP contribution >= 0.6 is 11.3 Å². The number of carbonyl (C=O) groups excluding carboxylic acids is 1. The molecule has 5 heteroatoms. The van der Waals surface area contributed by atoms with Crippen molar-refractivity contribution in [3.63, 3.8) is 0 Å². The van der Waals surface area contributed by atoms with Crippen LogP contribution in [0.25, 0.3) is 0 Å². The molecule has 1 aromatic heterocycles. The zero-order chi connectivity index (χ0) is 14.5. The highest BCUT2D eigenvalue weighted by molar-refractivity contribution is 7.14. The summed E-state index contributed by atoms with van der Waals surface area (Å²) in [6.07, 6.45) is 0.860. The third-order valence-corrected chi connectivity index (χ3v) is 4.12. The second-order valence-corrected chi connectivity index (χ2v) is 5.44. The highest BCUT2D eigenvalue weighted by Crippen LogP contribution is 2.19. The van der Waals surface area contributed by atoms with Gasteiger partial charge in [-0.2, -0.15) is 0 Å². The number of carboxylic acids is 1. The van der Waals surface area contributed by atoms with Crippen LogP contribution in [0.4, 0.5) is 0 Å². The van der Waals surface area contributed by atoms with E-state index in [-0.39, 0.29) is 5.91 Å². The van der Waals surface area contributed by atoms with Gasteiger partial charge in [-0.3, -0.25) is 4.79 Å². The van der Waals surface area contributed by atoms with Gasteiger partial charge in [-0.15, -0.1) is 11.3 Å². The first-order chi connectivity index (χ1) is 9.61. The molecule has 0 fully saturated rings. The van der Waals surface area contributed by atoms with E-state index in [2.05, 4.69) is 5.32 Å². The average molecular weight is 289 g/mol. The van der Waals surface area contributed by atoms with E-state index in [9.17, 15) is 14.7 Å². The molecule has 0 radical (unpaired) electrons. The van der Waals surface area contributed by atoms with Crippen LogP contribution in [0.3, 0.4) is 0 Å². The molecule has 0 spiro atoms. The van der Waals surface area contributed by atoms with E-state index in [1.165, 1.54) is 11.3 Å². The lowest BCUT2D eigenvalue weighted by Gasteiger charge is -2.14. The Balaban J connectivity index is 2.16. The fraction of sp³-hybridized carbons (Fsp3) is 0.200. The highest BCUT2D eigenvalue weighted by Gasteiger charge is 2.23. The van der Waals surface area contributed by atoms with Gasteiger partial charge in [0.15, 0.2) is 6.04 Å². The van der Waals surface area contributed by atoms with Crippen LogP contribution < -0.4 is 5.32 Å². The Morgan fingerprint density at radius 3 is 2.45 bits per heavy atom. The molecule has 4 nitrogen and oxygen atoms in total. The zero-order valence-electron chi connectivity index (χ0n) is 11.0. The molecule has 20 heavy (non-hydrogen) atoms. The smallest absolute Gasteiger partial charge is 0.330 e. The summed E-state index contributed by atoms with van der Waals surface area (Å²) in [7, 11) is 0. The lowest BCUT2D eigenvalue weighted by atomic mass is 10.1. The molecule has 2 rings (SSSR count). The number of benzene rings is 1. The fourth-order valence-corrected chi connectivity index (χ4v) is 2.68. The number of hydrogen-bond acceptors (Lipinski definition) is 3. The van der Waals surface area contributed by atoms with Gasteiger partial charge in [-0.1, -0.05) is 37.3 Å². The topological polar surface area (TPSA) is 66.4 Å². The quantitative estimate of drug-likeness (QED) is 0.889. The van der Waals surface area contributed by atoms with Gasteiger partial charge in [0.1, 0.15) is 0 Å². The van der Waals surface area contributed by atoms with Crippen LogP contribution in [0.5, 0.6) is 0 Å². The van der Waals surface area contributed by atoms with Crippen molar-refractivity contribution in [2.24, 2.45) is 0 Å². The maximum atomic E-state index is 12.1. The van der Waals surface area contributed by atoms with Crippen LogP contribution in [0, 0.1) is 0 Å². The minimum Gasteiger partial charge on any atom is -0.479 e. The van der Waals surface area contributed by atoms with Gasteiger partial charge in [0.25, 0.3) is 5.91 Å². The number of thiophene rings is 1. The number of rotatable bonds is 5. The molecule has 0 saturated carbocycles. The van der Waals surface area contributed by atoms with Crippen LogP contribution in [-0.4, -0.2) is 17.0 Å². The van der Waals surface area contributed by atoms with Gasteiger partial charge in [-0.25, -0.2) is 4.79 Å². The van der Waals surface area contributed by atoms with Crippen molar-refractivity contribution in [1.29, 1.82) is 0 Å². The number of aliphatic carboxylic acids is 1. The first kappa shape index (κ1) is 14.3. The van der Waals surface area contributed by atoms with E-state index in [0.717, 1.165) is 11.3 Å². The average Bonchev–Trinajstić information content (AvgIpc) is 2.94. The Kier molecular flexibility index (Phi) is 4.53. The van der Waals surface area contributed by atoms with Crippen molar-refractivity contribution in [2.75, 3.05) is 0 Å². The van der Waals surface area contributed by atoms with E-state index < -0.39 is 12.0 Å². The van der Waals surface area contributed by atoms with E-state index in [0.29, 0.717) is 10.4 Å². The van der Waals surface area contributed by atoms with Crippen molar-refractivity contribution in [1.82, 2.24) is 5.32 Å². The predicted molar refractivity (Wildman–Crippen MR) is 78.0 cm³/mol. The van der Waals surface area contributed by atoms with E-state index in [4.69, 9.17) is 0 Å². The second-order valence-electron chi connectivity index (χ2n) is 4.27. The summed E-state index contributed by atoms with van der Waals surface area (Å²) in [5, 5.41) is 11.8. The Bertz CT molecular complexity index is 607. The standard InChI is InChI=1S/C15H15NO3S/c1-2-11-8-9-12(20-11)14(17)16-13(15(18)19)10-6-4-3-5-7-10/h3-9,13H,2H2,1H3,(H,16,17)(H,18,19). The molecule has 1 amide bonds. The molecule has 0 bridgehead atoms. The maximum absolute atomic E-state index is 12.1. The molecule has 2 aromatic rings. The summed E-state index contributed by atoms with van der Waals surface area (Å²) >= 11 is 1.38. The molecule has 1 unspecified atom stereocenters. The second kappa shape index (κ2) is 6.34. The van der Waals surface area contributed by atoms with Gasteiger partial charge < -0.3 is 10.4 Å². The number of aryl methyl sites for hydroxylation is 1. The van der Waals surface area contributed by atoms with Crippen LogP contribution in [0.1, 0.15) is 33.1 Å². The largest absolute Gasteiger partial charge is 0.479 e. The fourth-order valence-electron chi connectivity index (χ4n) is 1.83. The van der Waals surface area contributed by atoms with Crippen molar-refractivity contribution >= 4 is 23.2 Å². The zero-order valence-corrected chi connectivity index (χ0v) is 11.8. The van der Waals surface area contributed by atoms with Crippen LogP contribution in [0.2, 0.25) is 0 Å². The van der Waals surface area contributed by atoms with Crippen molar-refractivity contribution < 1.29 is 14.7 Å². The maximum Gasteiger partial charge on any atom is 0.330 e. The van der Waals surface area contributed by atoms with Gasteiger partial charge in [0.2, 0.25) is 0 Å². The van der Waals surface area contributed by atoms with Crippen LogP contribution in [0.15, 0.2) is 42.5 Å². The van der Waals surface area contributed by atoms with E-state index >= 15 is 0 Å². The summed E-state index contributed by atoms with van der Waals surface area (Å²) < 4.78 is 0. The number of amides is 1. The summed E-state index contributed by atoms with van der Waals surface area (Å²) in [4.78, 5) is 25.0. The van der Waals surface area contributed by atoms with Gasteiger partial charge in [-0.05, 0) is 24.1 Å². The SMILES string of the molecule is CCc1ccc(C(=O)NC(C(=O)O)c2ccccc2)s1. The molecule has 0 saturated heterocycles. The summed E-state index contributed by atoms with van der Waals surface area (Å²) in [5.41, 5.74) is 0.556. The van der Waals surface area contributed by atoms with Crippen molar-refractivity contribution in [3.8, 4) is 0 Å². The van der Waals surface area contributed by atoms with E-state index in [1.54, 1.807) is 36.4 Å². The molecule has 1 atom stereocenters. The summed E-state index contributed by atoms with van der Waals surface area (Å²) in [5.74, 6) is -1.43. The lowest BCUT2D eigenvalue weighted by molar-refractivity contribution is -0.139. The normalized spacial score (nSPS) is 11.8. The minimum absolute atomic E-state index is 0.356. The van der Waals surface area contributed by atoms with E-state index in [1.807, 2.05) is 13.0 Å². The third kappa shape index (κ3) is 3.24. The molecule has 2 N–H and O–H groups in total. The molecule has 0 aliphatic rings. The number of nitrogens with one attached hydrogen (secondary N) is 1. The molecule has 1 aromatic carbocycles. The Morgan fingerprint density at radius 2 is 1.90 bits per heavy atom. The lowest BCUT2D eigenvalue weighted by Crippen LogP contribution is -2.33. The van der Waals surface area contributed by atoms with Gasteiger partial charge in [0.05, 0.1) is 4.88 Å². The monoisotopic (exact) mass is 289 g/mol. The Hall–Kier alpha value is -2.14. The molecule has 0 aliphatic carbocycles. The molecule has 1 heterocycles. The first-order valence-electron chi connectivity index (χ1n) is 6.29. The predicted octanol–water partition coefficient (Wildman–Crippen LogP) is 2.87. The highest BCUT2D eigenvalue weighted by atomic mass is 32.1. The number of hydrogen-bond donors (Lipinski definition) is 2. The van der Waals surface area contributed by atoms with Crippen molar-refractivity contribution in [2.45, 2.75) is 19.4 Å². The number of carboxylic acid groups (broad SMARTS) is 1. The van der Waals surface area contributed by atoms with Gasteiger partial charge in [0, 0.05) is 4.88 Å². The molecular weight excluding hydrogens is 274 g/mol. The molecule has 104 valence electrons. The first-order valence-corrected chi connectivity index (χ1v) is 7.10. The number of carbonyl (C=O) groups is 2. The Labute approximate surface area is 121 Å².